The van der Waals surface area contributed by atoms with Gasteiger partial charge in [-0.2, -0.15) is 0 Å². The third-order valence-electron chi connectivity index (χ3n) is 9.64. The Hall–Kier alpha value is -5.97. The average molecular weight is 660 g/mol. The lowest BCUT2D eigenvalue weighted by molar-refractivity contribution is 0.758. The molecule has 0 spiro atoms. The Morgan fingerprint density at radius 2 is 1.00 bits per heavy atom. The van der Waals surface area contributed by atoms with Crippen molar-refractivity contribution >= 4 is 42.7 Å². The summed E-state index contributed by atoms with van der Waals surface area (Å²) in [5.41, 5.74) is 10.4. The number of allylic oxidation sites excluding steroid dienone is 4. The fourth-order valence-corrected chi connectivity index (χ4v) is 8.12. The first-order chi connectivity index (χ1) is 24.7. The van der Waals surface area contributed by atoms with Crippen LogP contribution in [0.5, 0.6) is 0 Å². The average Bonchev–Trinajstić information content (AvgIpc) is 3.56. The van der Waals surface area contributed by atoms with Crippen LogP contribution < -0.4 is 0 Å². The molecule has 1 unspecified atom stereocenters. The van der Waals surface area contributed by atoms with E-state index in [1.54, 1.807) is 0 Å². The van der Waals surface area contributed by atoms with Crippen LogP contribution in [0.4, 0.5) is 0 Å². The Labute approximate surface area is 296 Å². The molecule has 2 aromatic heterocycles. The van der Waals surface area contributed by atoms with Crippen LogP contribution in [0.25, 0.3) is 76.3 Å². The third kappa shape index (κ3) is 5.74. The Kier molecular flexibility index (Phi) is 7.72. The van der Waals surface area contributed by atoms with Crippen LogP contribution in [-0.4, -0.2) is 15.0 Å². The van der Waals surface area contributed by atoms with Crippen molar-refractivity contribution in [1.29, 1.82) is 0 Å². The predicted octanol–water partition coefficient (Wildman–Crippen LogP) is 12.4. The maximum absolute atomic E-state index is 5.15. The Morgan fingerprint density at radius 3 is 1.74 bits per heavy atom. The minimum Gasteiger partial charge on any atom is -0.209 e. The highest BCUT2D eigenvalue weighted by Gasteiger charge is 2.22. The predicted molar refractivity (Wildman–Crippen MR) is 211 cm³/mol. The second-order valence-corrected chi connectivity index (χ2v) is 14.0. The van der Waals surface area contributed by atoms with Crippen molar-refractivity contribution in [3.8, 4) is 45.0 Å². The number of fused-ring (bicyclic) bond motifs is 3. The minimum absolute atomic E-state index is 0.252. The Morgan fingerprint density at radius 1 is 0.440 bits per heavy atom. The first kappa shape index (κ1) is 30.1. The summed E-state index contributed by atoms with van der Waals surface area (Å²) in [4.78, 5) is 15.4. The normalized spacial score (nSPS) is 14.5. The quantitative estimate of drug-likeness (QED) is 0.178. The van der Waals surface area contributed by atoms with Gasteiger partial charge in [0.25, 0.3) is 0 Å². The van der Waals surface area contributed by atoms with Gasteiger partial charge in [0.05, 0.1) is 0 Å². The van der Waals surface area contributed by atoms with Crippen molar-refractivity contribution in [2.45, 2.75) is 13.3 Å². The van der Waals surface area contributed by atoms with E-state index in [2.05, 4.69) is 171 Å². The van der Waals surface area contributed by atoms with E-state index in [-0.39, 0.29) is 5.92 Å². The smallest absolute Gasteiger partial charge is 0.164 e. The van der Waals surface area contributed by atoms with E-state index in [1.807, 2.05) is 11.3 Å². The molecule has 1 atom stereocenters. The van der Waals surface area contributed by atoms with Crippen LogP contribution in [0.1, 0.15) is 24.7 Å². The molecule has 50 heavy (non-hydrogen) atoms. The summed E-state index contributed by atoms with van der Waals surface area (Å²) < 4.78 is 2.52. The standard InChI is InChI=1S/C46H33N3S/c1-30-27-37(32-13-6-3-7-14-32)23-25-39(30)46-48-44(47-45(49-46)38-24-26-41-40-17-8-9-18-42(40)50-43(41)29-38)34-21-19-33(20-22-34)36-16-10-15-35(28-36)31-11-4-2-5-12-31/h2-26,28-30H,27H2,1H3. The molecule has 0 N–H and O–H groups in total. The van der Waals surface area contributed by atoms with Gasteiger partial charge in [0, 0.05) is 36.9 Å². The van der Waals surface area contributed by atoms with Gasteiger partial charge in [-0.25, -0.2) is 15.0 Å². The molecule has 238 valence electrons. The third-order valence-corrected chi connectivity index (χ3v) is 10.8. The second kappa shape index (κ2) is 12.8. The van der Waals surface area contributed by atoms with E-state index < -0.39 is 0 Å². The molecule has 0 saturated carbocycles. The highest BCUT2D eigenvalue weighted by molar-refractivity contribution is 7.25. The molecule has 1 aliphatic carbocycles. The van der Waals surface area contributed by atoms with E-state index in [9.17, 15) is 0 Å². The van der Waals surface area contributed by atoms with Gasteiger partial charge in [0.15, 0.2) is 17.5 Å². The van der Waals surface area contributed by atoms with Crippen molar-refractivity contribution in [3.05, 3.63) is 175 Å². The molecule has 0 amide bonds. The number of hydrogen-bond acceptors (Lipinski definition) is 4. The molecule has 4 heteroatoms. The van der Waals surface area contributed by atoms with Gasteiger partial charge in [-0.1, -0.05) is 153 Å². The molecule has 0 fully saturated rings. The molecule has 6 aromatic carbocycles. The van der Waals surface area contributed by atoms with Crippen molar-refractivity contribution < 1.29 is 0 Å². The lowest BCUT2D eigenvalue weighted by Gasteiger charge is -2.22. The molecular formula is C46H33N3S. The zero-order valence-corrected chi connectivity index (χ0v) is 28.4. The number of thiophene rings is 1. The van der Waals surface area contributed by atoms with E-state index in [1.165, 1.54) is 48.0 Å². The topological polar surface area (TPSA) is 38.7 Å². The molecule has 0 saturated heterocycles. The number of benzene rings is 6. The molecule has 1 aliphatic rings. The molecule has 0 radical (unpaired) electrons. The van der Waals surface area contributed by atoms with Crippen LogP contribution in [-0.2, 0) is 0 Å². The zero-order chi connectivity index (χ0) is 33.4. The second-order valence-electron chi connectivity index (χ2n) is 12.9. The van der Waals surface area contributed by atoms with E-state index in [0.29, 0.717) is 11.6 Å². The SMILES string of the molecule is CC1CC(c2ccccc2)=CC=C1c1nc(-c2ccc(-c3cccc(-c4ccccc4)c3)cc2)nc(-c2ccc3c(c2)sc2ccccc23)n1. The minimum atomic E-state index is 0.252. The Balaban J connectivity index is 1.13. The largest absolute Gasteiger partial charge is 0.209 e. The van der Waals surface area contributed by atoms with Crippen LogP contribution in [0.15, 0.2) is 164 Å². The summed E-state index contributed by atoms with van der Waals surface area (Å²) in [5.74, 6) is 2.35. The van der Waals surface area contributed by atoms with Gasteiger partial charge < -0.3 is 0 Å². The van der Waals surface area contributed by atoms with E-state index >= 15 is 0 Å². The number of hydrogen-bond donors (Lipinski definition) is 0. The van der Waals surface area contributed by atoms with Gasteiger partial charge in [0.1, 0.15) is 0 Å². The maximum atomic E-state index is 5.15. The van der Waals surface area contributed by atoms with E-state index in [4.69, 9.17) is 15.0 Å². The fourth-order valence-electron chi connectivity index (χ4n) is 6.97. The molecule has 3 nitrogen and oxygen atoms in total. The van der Waals surface area contributed by atoms with Crippen molar-refractivity contribution in [1.82, 2.24) is 15.0 Å². The molecule has 0 bridgehead atoms. The van der Waals surface area contributed by atoms with Crippen LogP contribution in [0, 0.1) is 5.92 Å². The van der Waals surface area contributed by atoms with Gasteiger partial charge in [-0.3, -0.25) is 0 Å². The van der Waals surface area contributed by atoms with Gasteiger partial charge in [0.2, 0.25) is 0 Å². The van der Waals surface area contributed by atoms with Crippen molar-refractivity contribution in [2.75, 3.05) is 0 Å². The van der Waals surface area contributed by atoms with E-state index in [0.717, 1.165) is 34.5 Å². The lowest BCUT2D eigenvalue weighted by Crippen LogP contribution is -2.10. The lowest BCUT2D eigenvalue weighted by atomic mass is 9.85. The molecule has 9 rings (SSSR count). The van der Waals surface area contributed by atoms with Gasteiger partial charge >= 0.3 is 0 Å². The highest BCUT2D eigenvalue weighted by atomic mass is 32.1. The van der Waals surface area contributed by atoms with Crippen molar-refractivity contribution in [3.63, 3.8) is 0 Å². The van der Waals surface area contributed by atoms with Crippen LogP contribution in [0.3, 0.4) is 0 Å². The zero-order valence-electron chi connectivity index (χ0n) is 27.6. The summed E-state index contributed by atoms with van der Waals surface area (Å²) in [5, 5.41) is 2.55. The summed E-state index contributed by atoms with van der Waals surface area (Å²) in [6.07, 6.45) is 5.36. The summed E-state index contributed by atoms with van der Waals surface area (Å²) in [7, 11) is 0. The Bertz CT molecular complexity index is 2560. The molecule has 2 heterocycles. The first-order valence-electron chi connectivity index (χ1n) is 17.1. The summed E-state index contributed by atoms with van der Waals surface area (Å²) >= 11 is 1.81. The number of rotatable bonds is 6. The number of nitrogens with zero attached hydrogens (tertiary/aromatic N) is 3. The van der Waals surface area contributed by atoms with Gasteiger partial charge in [-0.15, -0.1) is 11.3 Å². The van der Waals surface area contributed by atoms with Crippen LogP contribution in [0.2, 0.25) is 0 Å². The number of aromatic nitrogens is 3. The van der Waals surface area contributed by atoms with Gasteiger partial charge in [-0.05, 0) is 63.9 Å². The molecular weight excluding hydrogens is 627 g/mol. The highest BCUT2D eigenvalue weighted by Crippen LogP contribution is 2.38. The molecule has 8 aromatic rings. The fraction of sp³-hybridized carbons (Fsp3) is 0.0652. The summed E-state index contributed by atoms with van der Waals surface area (Å²) in [6.45, 7) is 2.27. The maximum Gasteiger partial charge on any atom is 0.164 e. The monoisotopic (exact) mass is 659 g/mol. The summed E-state index contributed by atoms with van der Waals surface area (Å²) in [6, 6.07) is 53.6. The first-order valence-corrected chi connectivity index (χ1v) is 17.9. The molecule has 0 aliphatic heterocycles. The van der Waals surface area contributed by atoms with Crippen LogP contribution >= 0.6 is 11.3 Å². The van der Waals surface area contributed by atoms with Crippen molar-refractivity contribution in [2.24, 2.45) is 5.92 Å².